The normalized spacial score (nSPS) is 11.7. The van der Waals surface area contributed by atoms with Gasteiger partial charge in [0.2, 0.25) is 12.0 Å². The zero-order valence-corrected chi connectivity index (χ0v) is 10.7. The first kappa shape index (κ1) is 12.8. The predicted octanol–water partition coefficient (Wildman–Crippen LogP) is 1.89. The summed E-state index contributed by atoms with van der Waals surface area (Å²) in [6, 6.07) is 7.76. The van der Waals surface area contributed by atoms with Gasteiger partial charge in [-0.1, -0.05) is 19.1 Å². The molecule has 6 heteroatoms. The molecule has 1 aromatic carbocycles. The van der Waals surface area contributed by atoms with Gasteiger partial charge in [0.15, 0.2) is 6.54 Å². The lowest BCUT2D eigenvalue weighted by atomic mass is 10.2. The molecule has 0 saturated carbocycles. The van der Waals surface area contributed by atoms with Crippen molar-refractivity contribution in [1.29, 1.82) is 0 Å². The molecule has 5 nitrogen and oxygen atoms in total. The number of rotatable bonds is 4. The summed E-state index contributed by atoms with van der Waals surface area (Å²) < 4.78 is 38.3. The molecule has 2 aromatic rings. The summed E-state index contributed by atoms with van der Waals surface area (Å²) >= 11 is 0. The fourth-order valence-electron chi connectivity index (χ4n) is 1.64. The van der Waals surface area contributed by atoms with Crippen molar-refractivity contribution < 1.29 is 22.2 Å². The average molecular weight is 268 g/mol. The smallest absolute Gasteiger partial charge is 0.282 e. The van der Waals surface area contributed by atoms with E-state index in [0.29, 0.717) is 11.3 Å². The van der Waals surface area contributed by atoms with Gasteiger partial charge in [0.1, 0.15) is 0 Å². The molecule has 0 aliphatic heterocycles. The Morgan fingerprint density at radius 3 is 2.78 bits per heavy atom. The Kier molecular flexibility index (Phi) is 3.49. The summed E-state index contributed by atoms with van der Waals surface area (Å²) in [5.74, 6) is 0.564. The van der Waals surface area contributed by atoms with Gasteiger partial charge in [0.25, 0.3) is 10.1 Å². The Balaban J connectivity index is 2.38. The molecule has 1 heterocycles. The lowest BCUT2D eigenvalue weighted by molar-refractivity contribution is -0.862. The van der Waals surface area contributed by atoms with E-state index in [0.717, 1.165) is 13.0 Å². The van der Waals surface area contributed by atoms with Crippen LogP contribution in [0, 0.1) is 0 Å². The Bertz CT molecular complexity index is 646. The first-order valence-electron chi connectivity index (χ1n) is 5.58. The Hall–Kier alpha value is -1.66. The SMILES string of the molecule is CCC[n+]1ccc(-c2cccc(S(=O)(=O)O)c2)o1. The minimum Gasteiger partial charge on any atom is -0.282 e. The van der Waals surface area contributed by atoms with Crippen LogP contribution in [0.2, 0.25) is 0 Å². The molecule has 18 heavy (non-hydrogen) atoms. The number of benzene rings is 1. The molecule has 2 rings (SSSR count). The van der Waals surface area contributed by atoms with Crippen molar-refractivity contribution in [2.75, 3.05) is 0 Å². The molecular weight excluding hydrogens is 254 g/mol. The molecule has 0 unspecified atom stereocenters. The summed E-state index contributed by atoms with van der Waals surface area (Å²) in [7, 11) is -4.19. The fourth-order valence-corrected chi connectivity index (χ4v) is 2.16. The summed E-state index contributed by atoms with van der Waals surface area (Å²) in [4.78, 5) is -0.140. The molecule has 0 bridgehead atoms. The maximum atomic E-state index is 11.0. The molecule has 0 radical (unpaired) electrons. The van der Waals surface area contributed by atoms with E-state index in [9.17, 15) is 8.42 Å². The molecule has 0 aliphatic carbocycles. The molecule has 0 amide bonds. The van der Waals surface area contributed by atoms with Gasteiger partial charge in [-0.15, -0.1) is 0 Å². The van der Waals surface area contributed by atoms with Gasteiger partial charge in [0.05, 0.1) is 11.0 Å². The molecule has 0 aliphatic rings. The molecule has 1 N–H and O–H groups in total. The van der Waals surface area contributed by atoms with Gasteiger partial charge < -0.3 is 0 Å². The number of aromatic nitrogens is 1. The van der Waals surface area contributed by atoms with Gasteiger partial charge in [-0.25, -0.2) is 4.52 Å². The quantitative estimate of drug-likeness (QED) is 0.679. The van der Waals surface area contributed by atoms with Gasteiger partial charge >= 0.3 is 0 Å². The molecule has 96 valence electrons. The average Bonchev–Trinajstić information content (AvgIpc) is 2.77. The zero-order chi connectivity index (χ0) is 13.2. The lowest BCUT2D eigenvalue weighted by Gasteiger charge is -1.98. The topological polar surface area (TPSA) is 71.4 Å². The maximum absolute atomic E-state index is 11.0. The largest absolute Gasteiger partial charge is 0.294 e. The van der Waals surface area contributed by atoms with E-state index < -0.39 is 10.1 Å². The fraction of sp³-hybridized carbons (Fsp3) is 0.250. The second-order valence-electron chi connectivity index (χ2n) is 3.91. The maximum Gasteiger partial charge on any atom is 0.294 e. The van der Waals surface area contributed by atoms with Crippen LogP contribution < -0.4 is 4.74 Å². The highest BCUT2D eigenvalue weighted by Gasteiger charge is 2.14. The number of nitrogens with zero attached hydrogens (tertiary/aromatic N) is 1. The second kappa shape index (κ2) is 4.91. The number of hydrogen-bond acceptors (Lipinski definition) is 3. The van der Waals surface area contributed by atoms with Crippen molar-refractivity contribution in [1.82, 2.24) is 0 Å². The van der Waals surface area contributed by atoms with Crippen LogP contribution in [0.3, 0.4) is 0 Å². The summed E-state index contributed by atoms with van der Waals surface area (Å²) in [6.07, 6.45) is 2.74. The van der Waals surface area contributed by atoms with Crippen molar-refractivity contribution >= 4 is 10.1 Å². The monoisotopic (exact) mass is 268 g/mol. The van der Waals surface area contributed by atoms with Crippen LogP contribution in [0.25, 0.3) is 11.3 Å². The molecular formula is C12H14NO4S+. The zero-order valence-electron chi connectivity index (χ0n) is 9.91. The van der Waals surface area contributed by atoms with Crippen LogP contribution in [0.1, 0.15) is 13.3 Å². The Morgan fingerprint density at radius 1 is 1.33 bits per heavy atom. The van der Waals surface area contributed by atoms with Crippen LogP contribution in [-0.2, 0) is 16.7 Å². The summed E-state index contributed by atoms with van der Waals surface area (Å²) in [6.45, 7) is 2.80. The van der Waals surface area contributed by atoms with Gasteiger partial charge in [0, 0.05) is 12.0 Å². The van der Waals surface area contributed by atoms with Gasteiger partial charge in [-0.05, 0) is 16.9 Å². The standard InChI is InChI=1S/C12H13NO4S/c1-2-7-13-8-6-12(17-13)10-4-3-5-11(9-10)18(14,15)16/h3-6,8-9H,2,7H2,1H3/p+1. The van der Waals surface area contributed by atoms with E-state index in [4.69, 9.17) is 9.08 Å². The van der Waals surface area contributed by atoms with E-state index in [1.807, 2.05) is 6.92 Å². The second-order valence-corrected chi connectivity index (χ2v) is 5.34. The van der Waals surface area contributed by atoms with Gasteiger partial charge in [-0.2, -0.15) is 8.42 Å². The van der Waals surface area contributed by atoms with E-state index in [-0.39, 0.29) is 4.90 Å². The first-order valence-corrected chi connectivity index (χ1v) is 7.02. The van der Waals surface area contributed by atoms with E-state index >= 15 is 0 Å². The highest BCUT2D eigenvalue weighted by molar-refractivity contribution is 7.85. The molecule has 0 saturated heterocycles. The molecule has 0 fully saturated rings. The van der Waals surface area contributed by atoms with Crippen molar-refractivity contribution in [3.63, 3.8) is 0 Å². The van der Waals surface area contributed by atoms with Crippen molar-refractivity contribution in [3.8, 4) is 11.3 Å². The third-order valence-electron chi connectivity index (χ3n) is 2.47. The Morgan fingerprint density at radius 2 is 2.11 bits per heavy atom. The van der Waals surface area contributed by atoms with E-state index in [1.165, 1.54) is 12.1 Å². The van der Waals surface area contributed by atoms with E-state index in [2.05, 4.69) is 0 Å². The van der Waals surface area contributed by atoms with Crippen molar-refractivity contribution in [2.24, 2.45) is 0 Å². The third kappa shape index (κ3) is 2.77. The van der Waals surface area contributed by atoms with E-state index in [1.54, 1.807) is 29.1 Å². The van der Waals surface area contributed by atoms with Crippen LogP contribution in [0.4, 0.5) is 0 Å². The lowest BCUT2D eigenvalue weighted by Crippen LogP contribution is -2.29. The first-order chi connectivity index (χ1) is 8.50. The molecule has 1 aromatic heterocycles. The minimum atomic E-state index is -4.19. The minimum absolute atomic E-state index is 0.140. The van der Waals surface area contributed by atoms with Crippen molar-refractivity contribution in [2.45, 2.75) is 24.8 Å². The van der Waals surface area contributed by atoms with Crippen LogP contribution in [0.15, 0.2) is 45.9 Å². The molecule has 0 atom stereocenters. The van der Waals surface area contributed by atoms with Crippen LogP contribution >= 0.6 is 0 Å². The highest BCUT2D eigenvalue weighted by atomic mass is 32.2. The third-order valence-corrected chi connectivity index (χ3v) is 3.32. The summed E-state index contributed by atoms with van der Waals surface area (Å²) in [5, 5.41) is 0. The van der Waals surface area contributed by atoms with Gasteiger partial charge in [-0.3, -0.25) is 4.55 Å². The summed E-state index contributed by atoms with van der Waals surface area (Å²) in [5.41, 5.74) is 0.611. The Labute approximate surface area is 105 Å². The van der Waals surface area contributed by atoms with Crippen molar-refractivity contribution in [3.05, 3.63) is 36.5 Å². The predicted molar refractivity (Wildman–Crippen MR) is 64.4 cm³/mol. The molecule has 0 spiro atoms. The number of hydrogen-bond donors (Lipinski definition) is 1. The highest BCUT2D eigenvalue weighted by Crippen LogP contribution is 2.21. The number of aryl methyl sites for hydroxylation is 1. The van der Waals surface area contributed by atoms with Crippen LogP contribution in [0.5, 0.6) is 0 Å². The van der Waals surface area contributed by atoms with Crippen LogP contribution in [-0.4, -0.2) is 13.0 Å².